The summed E-state index contributed by atoms with van der Waals surface area (Å²) in [6.07, 6.45) is 3.31. The second-order valence-electron chi connectivity index (χ2n) is 5.70. The van der Waals surface area contributed by atoms with Crippen LogP contribution in [0.3, 0.4) is 0 Å². The van der Waals surface area contributed by atoms with Crippen LogP contribution in [-0.4, -0.2) is 23.4 Å². The number of ether oxygens (including phenoxy) is 1. The summed E-state index contributed by atoms with van der Waals surface area (Å²) in [5.74, 6) is 0.140. The van der Waals surface area contributed by atoms with Gasteiger partial charge in [0.05, 0.1) is 18.3 Å². The summed E-state index contributed by atoms with van der Waals surface area (Å²) in [6.45, 7) is 4.41. The number of rotatable bonds is 4. The van der Waals surface area contributed by atoms with Crippen LogP contribution in [-0.2, 0) is 4.74 Å². The molecule has 1 aromatic carbocycles. The van der Waals surface area contributed by atoms with E-state index in [0.29, 0.717) is 0 Å². The first-order valence-corrected chi connectivity index (χ1v) is 6.92. The van der Waals surface area contributed by atoms with Crippen LogP contribution in [0.25, 0.3) is 0 Å². The van der Waals surface area contributed by atoms with E-state index in [1.54, 1.807) is 0 Å². The summed E-state index contributed by atoms with van der Waals surface area (Å²) in [6, 6.07) is 7.73. The van der Waals surface area contributed by atoms with E-state index >= 15 is 0 Å². The highest BCUT2D eigenvalue weighted by atomic mass is 35.5. The highest BCUT2D eigenvalue weighted by Gasteiger charge is 2.33. The van der Waals surface area contributed by atoms with E-state index in [2.05, 4.69) is 13.8 Å². The van der Waals surface area contributed by atoms with E-state index in [1.165, 1.54) is 0 Å². The molecule has 3 heteroatoms. The number of hydrogen-bond donors (Lipinski definition) is 1. The van der Waals surface area contributed by atoms with E-state index in [9.17, 15) is 5.11 Å². The lowest BCUT2D eigenvalue weighted by molar-refractivity contribution is -0.0229. The van der Waals surface area contributed by atoms with Crippen LogP contribution in [0.5, 0.6) is 0 Å². The zero-order valence-electron chi connectivity index (χ0n) is 11.0. The molecule has 1 aliphatic heterocycles. The van der Waals surface area contributed by atoms with Gasteiger partial charge in [-0.05, 0) is 50.8 Å². The minimum atomic E-state index is -0.00926. The van der Waals surface area contributed by atoms with Crippen molar-refractivity contribution in [3.8, 4) is 0 Å². The third-order valence-corrected chi connectivity index (χ3v) is 3.92. The maximum Gasteiger partial charge on any atom is 0.0631 e. The van der Waals surface area contributed by atoms with Crippen LogP contribution in [0, 0.1) is 0 Å². The molecule has 100 valence electrons. The molecule has 0 bridgehead atoms. The van der Waals surface area contributed by atoms with Crippen LogP contribution >= 0.6 is 11.6 Å². The summed E-state index contributed by atoms with van der Waals surface area (Å²) in [5, 5.41) is 10.3. The van der Waals surface area contributed by atoms with Crippen LogP contribution < -0.4 is 0 Å². The molecule has 2 atom stereocenters. The SMILES string of the molecule is CC1(C)CCC(CC(CO)c2ccc(Cl)cc2)O1. The van der Waals surface area contributed by atoms with Gasteiger partial charge >= 0.3 is 0 Å². The molecule has 1 fully saturated rings. The monoisotopic (exact) mass is 268 g/mol. The second kappa shape index (κ2) is 5.60. The molecule has 1 aromatic rings. The van der Waals surface area contributed by atoms with Crippen molar-refractivity contribution in [2.45, 2.75) is 50.7 Å². The number of benzene rings is 1. The maximum atomic E-state index is 9.55. The zero-order chi connectivity index (χ0) is 13.2. The summed E-state index contributed by atoms with van der Waals surface area (Å²) in [5.41, 5.74) is 1.13. The topological polar surface area (TPSA) is 29.5 Å². The predicted octanol–water partition coefficient (Wildman–Crippen LogP) is 3.76. The van der Waals surface area contributed by atoms with Crippen molar-refractivity contribution in [3.05, 3.63) is 34.9 Å². The molecule has 1 heterocycles. The fourth-order valence-corrected chi connectivity index (χ4v) is 2.74. The van der Waals surface area contributed by atoms with E-state index in [0.717, 1.165) is 29.8 Å². The average molecular weight is 269 g/mol. The number of hydrogen-bond acceptors (Lipinski definition) is 2. The van der Waals surface area contributed by atoms with Crippen LogP contribution in [0.2, 0.25) is 5.02 Å². The van der Waals surface area contributed by atoms with Gasteiger partial charge < -0.3 is 9.84 Å². The smallest absolute Gasteiger partial charge is 0.0631 e. The molecule has 2 nitrogen and oxygen atoms in total. The Bertz CT molecular complexity index is 386. The quantitative estimate of drug-likeness (QED) is 0.901. The van der Waals surface area contributed by atoms with Crippen molar-refractivity contribution in [2.75, 3.05) is 6.61 Å². The highest BCUT2D eigenvalue weighted by Crippen LogP contribution is 2.34. The molecule has 18 heavy (non-hydrogen) atoms. The van der Waals surface area contributed by atoms with Gasteiger partial charge in [0.1, 0.15) is 0 Å². The molecule has 1 saturated heterocycles. The van der Waals surface area contributed by atoms with Crippen molar-refractivity contribution >= 4 is 11.6 Å². The van der Waals surface area contributed by atoms with Gasteiger partial charge in [-0.2, -0.15) is 0 Å². The Balaban J connectivity index is 2.00. The maximum absolute atomic E-state index is 9.55. The van der Waals surface area contributed by atoms with Gasteiger partial charge in [-0.1, -0.05) is 23.7 Å². The first kappa shape index (κ1) is 13.9. The Morgan fingerprint density at radius 1 is 1.39 bits per heavy atom. The molecular weight excluding hydrogens is 248 g/mol. The summed E-state index contributed by atoms with van der Waals surface area (Å²) in [4.78, 5) is 0. The average Bonchev–Trinajstić information content (AvgIpc) is 2.67. The first-order valence-electron chi connectivity index (χ1n) is 6.54. The van der Waals surface area contributed by atoms with Gasteiger partial charge in [-0.3, -0.25) is 0 Å². The van der Waals surface area contributed by atoms with Gasteiger partial charge in [0.15, 0.2) is 0 Å². The Hall–Kier alpha value is -0.570. The molecule has 0 saturated carbocycles. The third kappa shape index (κ3) is 3.47. The van der Waals surface area contributed by atoms with Crippen LogP contribution in [0.1, 0.15) is 44.6 Å². The third-order valence-electron chi connectivity index (χ3n) is 3.66. The molecule has 1 N–H and O–H groups in total. The normalized spacial score (nSPS) is 24.1. The summed E-state index contributed by atoms with van der Waals surface area (Å²) < 4.78 is 5.99. The van der Waals surface area contributed by atoms with Gasteiger partial charge in [0.25, 0.3) is 0 Å². The molecule has 2 unspecified atom stereocenters. The number of aliphatic hydroxyl groups is 1. The number of halogens is 1. The molecule has 2 rings (SSSR count). The predicted molar refractivity (Wildman–Crippen MR) is 74.1 cm³/mol. The molecule has 0 radical (unpaired) electrons. The highest BCUT2D eigenvalue weighted by molar-refractivity contribution is 6.30. The van der Waals surface area contributed by atoms with E-state index < -0.39 is 0 Å². The van der Waals surface area contributed by atoms with Crippen molar-refractivity contribution in [2.24, 2.45) is 0 Å². The standard InChI is InChI=1S/C15H21ClO2/c1-15(2)8-7-14(18-15)9-12(10-17)11-3-5-13(16)6-4-11/h3-6,12,14,17H,7-10H2,1-2H3. The summed E-state index contributed by atoms with van der Waals surface area (Å²) in [7, 11) is 0. The van der Waals surface area contributed by atoms with Crippen molar-refractivity contribution in [3.63, 3.8) is 0 Å². The minimum absolute atomic E-state index is 0.00926. The zero-order valence-corrected chi connectivity index (χ0v) is 11.8. The Morgan fingerprint density at radius 3 is 2.56 bits per heavy atom. The lowest BCUT2D eigenvalue weighted by Gasteiger charge is -2.22. The van der Waals surface area contributed by atoms with Gasteiger partial charge in [-0.25, -0.2) is 0 Å². The Kier molecular flexibility index (Phi) is 4.31. The molecule has 0 aromatic heterocycles. The van der Waals surface area contributed by atoms with E-state index in [1.807, 2.05) is 24.3 Å². The molecule has 0 spiro atoms. The fraction of sp³-hybridized carbons (Fsp3) is 0.600. The lowest BCUT2D eigenvalue weighted by atomic mass is 9.92. The van der Waals surface area contributed by atoms with Crippen molar-refractivity contribution in [1.82, 2.24) is 0 Å². The van der Waals surface area contributed by atoms with Gasteiger partial charge in [-0.15, -0.1) is 0 Å². The minimum Gasteiger partial charge on any atom is -0.396 e. The number of aliphatic hydroxyl groups excluding tert-OH is 1. The van der Waals surface area contributed by atoms with Crippen molar-refractivity contribution < 1.29 is 9.84 Å². The van der Waals surface area contributed by atoms with E-state index in [-0.39, 0.29) is 24.2 Å². The van der Waals surface area contributed by atoms with Gasteiger partial charge in [0, 0.05) is 10.9 Å². The van der Waals surface area contributed by atoms with Crippen molar-refractivity contribution in [1.29, 1.82) is 0 Å². The largest absolute Gasteiger partial charge is 0.396 e. The molecule has 0 amide bonds. The Labute approximate surface area is 114 Å². The van der Waals surface area contributed by atoms with Crippen LogP contribution in [0.4, 0.5) is 0 Å². The molecule has 1 aliphatic rings. The first-order chi connectivity index (χ1) is 8.50. The Morgan fingerprint density at radius 2 is 2.06 bits per heavy atom. The fourth-order valence-electron chi connectivity index (χ4n) is 2.61. The lowest BCUT2D eigenvalue weighted by Crippen LogP contribution is -2.22. The molecular formula is C15H21ClO2. The summed E-state index contributed by atoms with van der Waals surface area (Å²) >= 11 is 5.88. The van der Waals surface area contributed by atoms with E-state index in [4.69, 9.17) is 16.3 Å². The molecule has 0 aliphatic carbocycles. The second-order valence-corrected chi connectivity index (χ2v) is 6.14. The van der Waals surface area contributed by atoms with Gasteiger partial charge in [0.2, 0.25) is 0 Å². The van der Waals surface area contributed by atoms with Crippen LogP contribution in [0.15, 0.2) is 24.3 Å².